The van der Waals surface area contributed by atoms with E-state index in [1.165, 1.54) is 62.4 Å². The first-order valence-corrected chi connectivity index (χ1v) is 14.0. The number of rotatable bonds is 6. The van der Waals surface area contributed by atoms with Gasteiger partial charge >= 0.3 is 0 Å². The molecule has 1 N–H and O–H groups in total. The summed E-state index contributed by atoms with van der Waals surface area (Å²) in [7, 11) is 0. The van der Waals surface area contributed by atoms with Gasteiger partial charge in [0.1, 0.15) is 6.54 Å². The highest BCUT2D eigenvalue weighted by molar-refractivity contribution is 5.91. The van der Waals surface area contributed by atoms with Gasteiger partial charge in [-0.2, -0.15) is 9.90 Å². The molecule has 0 spiro atoms. The van der Waals surface area contributed by atoms with E-state index in [9.17, 15) is 9.59 Å². The van der Waals surface area contributed by atoms with E-state index >= 15 is 0 Å². The quantitative estimate of drug-likeness (QED) is 0.616. The lowest BCUT2D eigenvalue weighted by Gasteiger charge is -2.61. The van der Waals surface area contributed by atoms with E-state index in [0.29, 0.717) is 23.6 Å². The highest BCUT2D eigenvalue weighted by atomic mass is 16.2. The average Bonchev–Trinajstić information content (AvgIpc) is 3.42. The van der Waals surface area contributed by atoms with Gasteiger partial charge in [0.15, 0.2) is 11.5 Å². The van der Waals surface area contributed by atoms with Gasteiger partial charge in [-0.1, -0.05) is 34.1 Å². The van der Waals surface area contributed by atoms with Crippen molar-refractivity contribution < 1.29 is 9.59 Å². The second-order valence-corrected chi connectivity index (χ2v) is 12.7. The molecule has 7 unspecified atom stereocenters. The van der Waals surface area contributed by atoms with Crippen molar-refractivity contribution in [3.63, 3.8) is 0 Å². The highest BCUT2D eigenvalue weighted by Crippen LogP contribution is 2.67. The first-order valence-electron chi connectivity index (χ1n) is 14.0. The number of ketones is 1. The van der Waals surface area contributed by atoms with Crippen LogP contribution < -0.4 is 5.32 Å². The van der Waals surface area contributed by atoms with E-state index in [0.717, 1.165) is 36.5 Å². The molecule has 0 bridgehead atoms. The third-order valence-corrected chi connectivity index (χ3v) is 10.9. The second-order valence-electron chi connectivity index (χ2n) is 12.7. The molecule has 4 aliphatic rings. The molecule has 1 aromatic rings. The van der Waals surface area contributed by atoms with Gasteiger partial charge in [0.05, 0.1) is 6.20 Å². The number of hydrogen-bond donors (Lipinski definition) is 1. The van der Waals surface area contributed by atoms with Gasteiger partial charge in [-0.3, -0.25) is 9.59 Å². The maximum Gasteiger partial charge on any atom is 0.273 e. The van der Waals surface area contributed by atoms with Crippen LogP contribution in [0.25, 0.3) is 0 Å². The lowest BCUT2D eigenvalue weighted by atomic mass is 9.44. The molecule has 0 aromatic carbocycles. The number of Topliss-reactive ketones (excluding diaryl/α,β-unsaturated/α-hetero) is 1. The van der Waals surface area contributed by atoms with E-state index in [-0.39, 0.29) is 29.6 Å². The van der Waals surface area contributed by atoms with Crippen molar-refractivity contribution >= 4 is 11.7 Å². The van der Waals surface area contributed by atoms with Crippen LogP contribution in [-0.2, 0) is 11.3 Å². The Morgan fingerprint density at radius 3 is 2.62 bits per heavy atom. The molecule has 34 heavy (non-hydrogen) atoms. The SMILES string of the molecule is CCCNC(=O)c1cnn(CC(=O)C2CCC3C4CCC5C[C@@H](C)CCC5(C)C4CCC23C)n1. The van der Waals surface area contributed by atoms with Crippen LogP contribution in [0.3, 0.4) is 0 Å². The van der Waals surface area contributed by atoms with Gasteiger partial charge in [0.2, 0.25) is 0 Å². The molecule has 4 aliphatic carbocycles. The highest BCUT2D eigenvalue weighted by Gasteiger charge is 2.60. The number of nitrogens with zero attached hydrogens (tertiary/aromatic N) is 3. The van der Waals surface area contributed by atoms with Crippen molar-refractivity contribution in [2.75, 3.05) is 6.54 Å². The number of hydrogen-bond acceptors (Lipinski definition) is 4. The minimum atomic E-state index is -0.215. The molecule has 188 valence electrons. The van der Waals surface area contributed by atoms with E-state index < -0.39 is 0 Å². The molecule has 0 saturated heterocycles. The summed E-state index contributed by atoms with van der Waals surface area (Å²) in [5.41, 5.74) is 0.925. The third-order valence-electron chi connectivity index (χ3n) is 10.9. The van der Waals surface area contributed by atoms with Crippen molar-refractivity contribution in [3.05, 3.63) is 11.9 Å². The van der Waals surface area contributed by atoms with Crippen molar-refractivity contribution in [2.24, 2.45) is 46.3 Å². The zero-order chi connectivity index (χ0) is 24.1. The zero-order valence-electron chi connectivity index (χ0n) is 21.7. The fourth-order valence-corrected chi connectivity index (χ4v) is 9.06. The van der Waals surface area contributed by atoms with Crippen LogP contribution in [-0.4, -0.2) is 33.2 Å². The average molecular weight is 469 g/mol. The lowest BCUT2D eigenvalue weighted by molar-refractivity contribution is -0.137. The number of aromatic nitrogens is 3. The molecule has 0 aliphatic heterocycles. The minimum Gasteiger partial charge on any atom is -0.351 e. The summed E-state index contributed by atoms with van der Waals surface area (Å²) in [6.45, 7) is 10.3. The zero-order valence-corrected chi connectivity index (χ0v) is 21.7. The van der Waals surface area contributed by atoms with Crippen molar-refractivity contribution in [3.8, 4) is 0 Å². The third kappa shape index (κ3) is 3.93. The maximum atomic E-state index is 13.5. The number of amides is 1. The molecule has 4 saturated carbocycles. The molecule has 8 atom stereocenters. The lowest BCUT2D eigenvalue weighted by Crippen LogP contribution is -2.53. The molecular weight excluding hydrogens is 424 g/mol. The van der Waals surface area contributed by atoms with E-state index in [2.05, 4.69) is 36.3 Å². The van der Waals surface area contributed by atoms with Gasteiger partial charge in [0.25, 0.3) is 5.91 Å². The van der Waals surface area contributed by atoms with E-state index in [4.69, 9.17) is 0 Å². The summed E-state index contributed by atoms with van der Waals surface area (Å²) in [5.74, 6) is 4.27. The van der Waals surface area contributed by atoms with Crippen molar-refractivity contribution in [1.29, 1.82) is 0 Å². The fraction of sp³-hybridized carbons (Fsp3) is 0.857. The van der Waals surface area contributed by atoms with Gasteiger partial charge in [0, 0.05) is 12.5 Å². The number of fused-ring (bicyclic) bond motifs is 5. The second kappa shape index (κ2) is 9.05. The minimum absolute atomic E-state index is 0.0960. The molecule has 1 heterocycles. The van der Waals surface area contributed by atoms with Crippen LogP contribution in [0.5, 0.6) is 0 Å². The smallest absolute Gasteiger partial charge is 0.273 e. The summed E-state index contributed by atoms with van der Waals surface area (Å²) in [4.78, 5) is 27.1. The van der Waals surface area contributed by atoms with Gasteiger partial charge < -0.3 is 5.32 Å². The molecule has 0 radical (unpaired) electrons. The first kappa shape index (κ1) is 24.0. The van der Waals surface area contributed by atoms with Crippen molar-refractivity contribution in [1.82, 2.24) is 20.3 Å². The van der Waals surface area contributed by atoms with Crippen LogP contribution in [0.2, 0.25) is 0 Å². The van der Waals surface area contributed by atoms with Crippen LogP contribution in [0.1, 0.15) is 102 Å². The molecule has 1 aromatic heterocycles. The summed E-state index contributed by atoms with van der Waals surface area (Å²) in [5, 5.41) is 11.4. The summed E-state index contributed by atoms with van der Waals surface area (Å²) >= 11 is 0. The summed E-state index contributed by atoms with van der Waals surface area (Å²) < 4.78 is 0. The van der Waals surface area contributed by atoms with Crippen molar-refractivity contribution in [2.45, 2.75) is 98.4 Å². The van der Waals surface area contributed by atoms with Gasteiger partial charge in [-0.05, 0) is 98.2 Å². The Morgan fingerprint density at radius 2 is 1.82 bits per heavy atom. The van der Waals surface area contributed by atoms with Crippen LogP contribution >= 0.6 is 0 Å². The summed E-state index contributed by atoms with van der Waals surface area (Å²) in [6.07, 6.45) is 14.0. The molecule has 4 fully saturated rings. The Morgan fingerprint density at radius 1 is 1.06 bits per heavy atom. The number of carbonyl (C=O) groups is 2. The number of nitrogens with one attached hydrogen (secondary N) is 1. The largest absolute Gasteiger partial charge is 0.351 e. The van der Waals surface area contributed by atoms with Crippen LogP contribution in [0.4, 0.5) is 0 Å². The van der Waals surface area contributed by atoms with Crippen LogP contribution in [0, 0.1) is 46.3 Å². The predicted octanol–water partition coefficient (Wildman–Crippen LogP) is 5.28. The maximum absolute atomic E-state index is 13.5. The number of carbonyl (C=O) groups excluding carboxylic acids is 2. The predicted molar refractivity (Wildman–Crippen MR) is 132 cm³/mol. The Balaban J connectivity index is 1.27. The van der Waals surface area contributed by atoms with Crippen LogP contribution in [0.15, 0.2) is 6.20 Å². The van der Waals surface area contributed by atoms with E-state index in [1.807, 2.05) is 6.92 Å². The Bertz CT molecular complexity index is 927. The molecular formula is C28H44N4O2. The van der Waals surface area contributed by atoms with Gasteiger partial charge in [-0.25, -0.2) is 0 Å². The van der Waals surface area contributed by atoms with Gasteiger partial charge in [-0.15, -0.1) is 5.10 Å². The topological polar surface area (TPSA) is 76.9 Å². The molecule has 6 nitrogen and oxygen atoms in total. The molecule has 1 amide bonds. The first-order chi connectivity index (χ1) is 16.3. The Labute approximate surface area is 205 Å². The normalized spacial score (nSPS) is 41.3. The molecule has 5 rings (SSSR count). The summed E-state index contributed by atoms with van der Waals surface area (Å²) in [6, 6.07) is 0. The van der Waals surface area contributed by atoms with E-state index in [1.54, 1.807) is 0 Å². The Kier molecular flexibility index (Phi) is 6.39. The fourth-order valence-electron chi connectivity index (χ4n) is 9.06. The Hall–Kier alpha value is -1.72. The monoisotopic (exact) mass is 468 g/mol. The standard InChI is InChI=1S/C28H44N4O2/c1-5-14-29-26(34)24-16-30-32(31-24)17-25(33)23-9-8-21-20-7-6-19-15-18(2)10-12-27(19,3)22(20)11-13-28(21,23)4/h16,18-23H,5-15,17H2,1-4H3,(H,29,34)/t18-,19?,20?,21?,22?,23?,27?,28?/m0/s1. The molecule has 6 heteroatoms.